The maximum atomic E-state index is 5.87. The lowest BCUT2D eigenvalue weighted by atomic mass is 9.99. The molecule has 0 bridgehead atoms. The molecule has 2 atom stereocenters. The first kappa shape index (κ1) is 13.7. The second kappa shape index (κ2) is 6.43. The molecule has 1 heterocycles. The van der Waals surface area contributed by atoms with Gasteiger partial charge in [0.15, 0.2) is 0 Å². The Morgan fingerprint density at radius 1 is 0.900 bits per heavy atom. The Morgan fingerprint density at radius 2 is 1.50 bits per heavy atom. The van der Waals surface area contributed by atoms with Crippen molar-refractivity contribution in [1.29, 1.82) is 0 Å². The van der Waals surface area contributed by atoms with Crippen molar-refractivity contribution in [3.8, 4) is 5.75 Å². The van der Waals surface area contributed by atoms with E-state index in [0.29, 0.717) is 0 Å². The Bertz CT molecular complexity index is 541. The van der Waals surface area contributed by atoms with Gasteiger partial charge in [0.1, 0.15) is 5.75 Å². The molecule has 0 radical (unpaired) electrons. The Labute approximate surface area is 125 Å². The quantitative estimate of drug-likeness (QED) is 0.810. The number of ether oxygens (including phenoxy) is 1. The highest BCUT2D eigenvalue weighted by molar-refractivity contribution is 6.18. The molecule has 0 N–H and O–H groups in total. The van der Waals surface area contributed by atoms with Gasteiger partial charge in [-0.3, -0.25) is 0 Å². The molecule has 0 aliphatic carbocycles. The van der Waals surface area contributed by atoms with Crippen LogP contribution in [0.25, 0.3) is 0 Å². The summed E-state index contributed by atoms with van der Waals surface area (Å²) in [5.74, 6) is 0.873. The summed E-state index contributed by atoms with van der Waals surface area (Å²) in [7, 11) is 1.68. The van der Waals surface area contributed by atoms with Crippen molar-refractivity contribution in [2.75, 3.05) is 7.11 Å². The molecule has 0 amide bonds. The van der Waals surface area contributed by atoms with Crippen LogP contribution in [0.5, 0.6) is 5.75 Å². The van der Waals surface area contributed by atoms with Crippen LogP contribution >= 0.6 is 0 Å². The SMILES string of the molecule is COc1ccc(C2CC(c3ccccc3)[O][AlH][O]2)cc1. The molecule has 1 fully saturated rings. The van der Waals surface area contributed by atoms with E-state index >= 15 is 0 Å². The van der Waals surface area contributed by atoms with Crippen LogP contribution in [0.2, 0.25) is 0 Å². The summed E-state index contributed by atoms with van der Waals surface area (Å²) in [6, 6.07) is 18.5. The van der Waals surface area contributed by atoms with Gasteiger partial charge >= 0.3 is 15.9 Å². The maximum absolute atomic E-state index is 5.87. The van der Waals surface area contributed by atoms with Crippen LogP contribution in [0.3, 0.4) is 0 Å². The summed E-state index contributed by atoms with van der Waals surface area (Å²) >= 11 is -0.920. The summed E-state index contributed by atoms with van der Waals surface area (Å²) in [5.41, 5.74) is 2.43. The van der Waals surface area contributed by atoms with Crippen LogP contribution in [0.4, 0.5) is 0 Å². The third kappa shape index (κ3) is 3.05. The number of methoxy groups -OCH3 is 1. The maximum Gasteiger partial charge on any atom is 0.650 e. The fourth-order valence-electron chi connectivity index (χ4n) is 2.48. The van der Waals surface area contributed by atoms with Crippen LogP contribution in [-0.4, -0.2) is 23.0 Å². The van der Waals surface area contributed by atoms with Crippen LogP contribution < -0.4 is 4.74 Å². The van der Waals surface area contributed by atoms with E-state index in [2.05, 4.69) is 36.4 Å². The predicted molar refractivity (Wildman–Crippen MR) is 78.9 cm³/mol. The van der Waals surface area contributed by atoms with Crippen LogP contribution in [0.1, 0.15) is 29.8 Å². The Hall–Kier alpha value is -1.31. The van der Waals surface area contributed by atoms with Crippen molar-refractivity contribution in [3.63, 3.8) is 0 Å². The summed E-state index contributed by atoms with van der Waals surface area (Å²) in [6.07, 6.45) is 1.15. The average Bonchev–Trinajstić information content (AvgIpc) is 2.56. The zero-order valence-electron chi connectivity index (χ0n) is 11.5. The molecule has 2 aromatic carbocycles. The predicted octanol–water partition coefficient (Wildman–Crippen LogP) is 3.18. The van der Waals surface area contributed by atoms with Crippen molar-refractivity contribution in [2.24, 2.45) is 0 Å². The Balaban J connectivity index is 1.74. The fourth-order valence-corrected chi connectivity index (χ4v) is 3.55. The minimum absolute atomic E-state index is 0.131. The van der Waals surface area contributed by atoms with Gasteiger partial charge in [-0.1, -0.05) is 42.5 Å². The van der Waals surface area contributed by atoms with Crippen molar-refractivity contribution in [3.05, 3.63) is 65.7 Å². The molecule has 2 unspecified atom stereocenters. The van der Waals surface area contributed by atoms with Gasteiger partial charge in [-0.2, -0.15) is 0 Å². The van der Waals surface area contributed by atoms with Crippen molar-refractivity contribution >= 4 is 15.9 Å². The molecule has 102 valence electrons. The second-order valence-corrected chi connectivity index (χ2v) is 5.75. The highest BCUT2D eigenvalue weighted by atomic mass is 27.2. The van der Waals surface area contributed by atoms with E-state index < -0.39 is 15.9 Å². The zero-order valence-corrected chi connectivity index (χ0v) is 12.9. The molecule has 3 nitrogen and oxygen atoms in total. The van der Waals surface area contributed by atoms with Gasteiger partial charge in [0.25, 0.3) is 0 Å². The topological polar surface area (TPSA) is 27.7 Å². The number of hydrogen-bond acceptors (Lipinski definition) is 3. The number of hydrogen-bond donors (Lipinski definition) is 0. The van der Waals surface area contributed by atoms with E-state index in [1.807, 2.05) is 18.2 Å². The lowest BCUT2D eigenvalue weighted by Gasteiger charge is -2.31. The van der Waals surface area contributed by atoms with Crippen molar-refractivity contribution in [1.82, 2.24) is 0 Å². The molecule has 1 saturated heterocycles. The zero-order chi connectivity index (χ0) is 13.8. The van der Waals surface area contributed by atoms with Crippen molar-refractivity contribution in [2.45, 2.75) is 18.6 Å². The van der Waals surface area contributed by atoms with Crippen LogP contribution in [0.15, 0.2) is 54.6 Å². The van der Waals surface area contributed by atoms with Crippen molar-refractivity contribution < 1.29 is 12.3 Å². The second-order valence-electron chi connectivity index (χ2n) is 4.85. The Morgan fingerprint density at radius 3 is 2.10 bits per heavy atom. The van der Waals surface area contributed by atoms with Gasteiger partial charge in [-0.05, 0) is 23.3 Å². The normalized spacial score (nSPS) is 22.1. The van der Waals surface area contributed by atoms with Crippen LogP contribution in [-0.2, 0) is 7.58 Å². The summed E-state index contributed by atoms with van der Waals surface area (Å²) in [4.78, 5) is 0. The third-order valence-corrected chi connectivity index (χ3v) is 4.70. The highest BCUT2D eigenvalue weighted by Crippen LogP contribution is 2.35. The van der Waals surface area contributed by atoms with E-state index in [-0.39, 0.29) is 12.2 Å². The molecule has 2 aromatic rings. The standard InChI is InChI=1S/C16H16O3.Al.H/c1-19-14-9-7-13(8-10-14)16(18)11-15(17)12-5-3-2-4-6-12;;/h2-10,15-16H,11H2,1H3;;/q-2;+2;. The van der Waals surface area contributed by atoms with Crippen LogP contribution in [0, 0.1) is 0 Å². The lowest BCUT2D eigenvalue weighted by Crippen LogP contribution is -2.23. The monoisotopic (exact) mass is 284 g/mol. The molecule has 20 heavy (non-hydrogen) atoms. The summed E-state index contributed by atoms with van der Waals surface area (Å²) in [5, 5.41) is 0. The van der Waals surface area contributed by atoms with Gasteiger partial charge in [0.2, 0.25) is 0 Å². The lowest BCUT2D eigenvalue weighted by molar-refractivity contribution is 0.0306. The van der Waals surface area contributed by atoms with E-state index in [1.54, 1.807) is 7.11 Å². The van der Waals surface area contributed by atoms with Gasteiger partial charge in [-0.15, -0.1) is 0 Å². The van der Waals surface area contributed by atoms with Gasteiger partial charge in [0.05, 0.1) is 19.3 Å². The number of benzene rings is 2. The molecule has 1 aliphatic rings. The summed E-state index contributed by atoms with van der Waals surface area (Å²) in [6.45, 7) is 0. The third-order valence-electron chi connectivity index (χ3n) is 3.63. The average molecular weight is 284 g/mol. The fraction of sp³-hybridized carbons (Fsp3) is 0.250. The van der Waals surface area contributed by atoms with Gasteiger partial charge < -0.3 is 12.3 Å². The molecule has 4 heteroatoms. The van der Waals surface area contributed by atoms with E-state index in [4.69, 9.17) is 12.3 Å². The number of rotatable bonds is 3. The first-order valence-corrected chi connectivity index (χ1v) is 7.94. The van der Waals surface area contributed by atoms with Gasteiger partial charge in [0, 0.05) is 6.42 Å². The smallest absolute Gasteiger partial charge is 0.497 e. The Kier molecular flexibility index (Phi) is 4.39. The molecule has 1 aliphatic heterocycles. The molecule has 0 aromatic heterocycles. The molecular formula is C16H17AlO3. The van der Waals surface area contributed by atoms with E-state index in [9.17, 15) is 0 Å². The first-order valence-electron chi connectivity index (χ1n) is 6.79. The van der Waals surface area contributed by atoms with E-state index in [0.717, 1.165) is 12.2 Å². The van der Waals surface area contributed by atoms with E-state index in [1.165, 1.54) is 11.1 Å². The summed E-state index contributed by atoms with van der Waals surface area (Å²) < 4.78 is 16.9. The minimum atomic E-state index is -0.920. The molecule has 0 spiro atoms. The molecule has 3 rings (SSSR count). The molecular weight excluding hydrogens is 267 g/mol. The van der Waals surface area contributed by atoms with Gasteiger partial charge in [-0.25, -0.2) is 0 Å². The minimum Gasteiger partial charge on any atom is -0.497 e. The molecule has 0 saturated carbocycles. The largest absolute Gasteiger partial charge is 0.650 e. The first-order chi connectivity index (χ1) is 9.86. The highest BCUT2D eigenvalue weighted by Gasteiger charge is 2.26.